The molecule has 22 heavy (non-hydrogen) atoms. The van der Waals surface area contributed by atoms with Crippen molar-refractivity contribution in [1.82, 2.24) is 4.98 Å². The van der Waals surface area contributed by atoms with Gasteiger partial charge in [-0.05, 0) is 29.2 Å². The zero-order valence-electron chi connectivity index (χ0n) is 12.2. The fourth-order valence-electron chi connectivity index (χ4n) is 2.38. The lowest BCUT2D eigenvalue weighted by Gasteiger charge is -2.17. The maximum absolute atomic E-state index is 12.8. The first-order chi connectivity index (χ1) is 10.3. The summed E-state index contributed by atoms with van der Waals surface area (Å²) in [5.74, 6) is -0.654. The van der Waals surface area contributed by atoms with Crippen LogP contribution < -0.4 is 0 Å². The molecular formula is C17H15F3N2. The number of aromatic nitrogens is 1. The van der Waals surface area contributed by atoms with Gasteiger partial charge in [0, 0.05) is 6.20 Å². The predicted octanol–water partition coefficient (Wildman–Crippen LogP) is 4.88. The Morgan fingerprint density at radius 1 is 1.09 bits per heavy atom. The van der Waals surface area contributed by atoms with Gasteiger partial charge in [0.15, 0.2) is 0 Å². The molecular weight excluding hydrogens is 289 g/mol. The van der Waals surface area contributed by atoms with Crippen molar-refractivity contribution in [3.05, 3.63) is 65.0 Å². The lowest BCUT2D eigenvalue weighted by atomic mass is 9.87. The number of pyridine rings is 1. The van der Waals surface area contributed by atoms with Gasteiger partial charge in [-0.3, -0.25) is 4.98 Å². The standard InChI is InChI=1S/C17H15F3N2/c1-11(2)13-5-3-4-6-14(13)15(10-21)16-9-12(7-8-22-16)17(18,19)20/h3-9,11,15H,1-2H3. The van der Waals surface area contributed by atoms with Crippen LogP contribution in [0, 0.1) is 11.3 Å². The van der Waals surface area contributed by atoms with Gasteiger partial charge in [-0.15, -0.1) is 0 Å². The third-order valence-corrected chi connectivity index (χ3v) is 3.46. The summed E-state index contributed by atoms with van der Waals surface area (Å²) in [5, 5.41) is 9.46. The van der Waals surface area contributed by atoms with E-state index in [1.807, 2.05) is 26.0 Å². The third kappa shape index (κ3) is 3.28. The molecule has 114 valence electrons. The van der Waals surface area contributed by atoms with E-state index in [-0.39, 0.29) is 11.6 Å². The molecule has 0 aliphatic rings. The lowest BCUT2D eigenvalue weighted by Crippen LogP contribution is -2.10. The van der Waals surface area contributed by atoms with Gasteiger partial charge in [0.05, 0.1) is 17.3 Å². The Hall–Kier alpha value is -2.35. The lowest BCUT2D eigenvalue weighted by molar-refractivity contribution is -0.137. The van der Waals surface area contributed by atoms with Crippen LogP contribution in [0.15, 0.2) is 42.6 Å². The molecule has 0 N–H and O–H groups in total. The fourth-order valence-corrected chi connectivity index (χ4v) is 2.38. The monoisotopic (exact) mass is 304 g/mol. The van der Waals surface area contributed by atoms with E-state index < -0.39 is 17.7 Å². The summed E-state index contributed by atoms with van der Waals surface area (Å²) in [6.45, 7) is 3.96. The number of nitriles is 1. The Labute approximate surface area is 127 Å². The van der Waals surface area contributed by atoms with Gasteiger partial charge in [0.1, 0.15) is 5.92 Å². The van der Waals surface area contributed by atoms with E-state index in [2.05, 4.69) is 11.1 Å². The van der Waals surface area contributed by atoms with Crippen LogP contribution in [0.4, 0.5) is 13.2 Å². The van der Waals surface area contributed by atoms with E-state index in [0.29, 0.717) is 5.56 Å². The zero-order chi connectivity index (χ0) is 16.3. The fraction of sp³-hybridized carbons (Fsp3) is 0.294. The van der Waals surface area contributed by atoms with Crippen molar-refractivity contribution in [1.29, 1.82) is 5.26 Å². The third-order valence-electron chi connectivity index (χ3n) is 3.46. The van der Waals surface area contributed by atoms with Crippen LogP contribution in [-0.4, -0.2) is 4.98 Å². The highest BCUT2D eigenvalue weighted by atomic mass is 19.4. The number of hydrogen-bond donors (Lipinski definition) is 0. The molecule has 2 nitrogen and oxygen atoms in total. The molecule has 1 unspecified atom stereocenters. The van der Waals surface area contributed by atoms with Gasteiger partial charge in [-0.25, -0.2) is 0 Å². The summed E-state index contributed by atoms with van der Waals surface area (Å²) in [6, 6.07) is 11.2. The van der Waals surface area contributed by atoms with E-state index in [4.69, 9.17) is 0 Å². The molecule has 1 heterocycles. The molecule has 1 atom stereocenters. The summed E-state index contributed by atoms with van der Waals surface area (Å²) >= 11 is 0. The molecule has 0 saturated heterocycles. The SMILES string of the molecule is CC(C)c1ccccc1C(C#N)c1cc(C(F)(F)F)ccn1. The Morgan fingerprint density at radius 3 is 2.27 bits per heavy atom. The zero-order valence-corrected chi connectivity index (χ0v) is 12.2. The van der Waals surface area contributed by atoms with Gasteiger partial charge in [0.25, 0.3) is 0 Å². The smallest absolute Gasteiger partial charge is 0.260 e. The van der Waals surface area contributed by atoms with Crippen molar-refractivity contribution in [3.8, 4) is 6.07 Å². The number of nitrogens with zero attached hydrogens (tertiary/aromatic N) is 2. The van der Waals surface area contributed by atoms with E-state index in [1.165, 1.54) is 0 Å². The van der Waals surface area contributed by atoms with Crippen molar-refractivity contribution < 1.29 is 13.2 Å². The van der Waals surface area contributed by atoms with Crippen molar-refractivity contribution in [2.45, 2.75) is 31.9 Å². The summed E-state index contributed by atoms with van der Waals surface area (Å²) in [5.41, 5.74) is 0.963. The van der Waals surface area contributed by atoms with Crippen LogP contribution in [0.25, 0.3) is 0 Å². The van der Waals surface area contributed by atoms with E-state index in [1.54, 1.807) is 12.1 Å². The molecule has 0 saturated carbocycles. The van der Waals surface area contributed by atoms with E-state index in [0.717, 1.165) is 23.9 Å². The quantitative estimate of drug-likeness (QED) is 0.810. The predicted molar refractivity (Wildman–Crippen MR) is 77.2 cm³/mol. The Bertz CT molecular complexity index is 700. The Balaban J connectivity index is 2.53. The highest BCUT2D eigenvalue weighted by Crippen LogP contribution is 2.33. The second-order valence-corrected chi connectivity index (χ2v) is 5.31. The summed E-state index contributed by atoms with van der Waals surface area (Å²) < 4.78 is 38.5. The molecule has 2 aromatic rings. The second-order valence-electron chi connectivity index (χ2n) is 5.31. The van der Waals surface area contributed by atoms with Gasteiger partial charge < -0.3 is 0 Å². The Kier molecular flexibility index (Phi) is 4.51. The summed E-state index contributed by atoms with van der Waals surface area (Å²) in [6.07, 6.45) is -3.35. The van der Waals surface area contributed by atoms with Crippen LogP contribution in [0.3, 0.4) is 0 Å². The molecule has 1 aromatic carbocycles. The van der Waals surface area contributed by atoms with Gasteiger partial charge in [-0.2, -0.15) is 18.4 Å². The largest absolute Gasteiger partial charge is 0.416 e. The average Bonchev–Trinajstić information content (AvgIpc) is 2.48. The maximum atomic E-state index is 12.8. The molecule has 0 aliphatic carbocycles. The first-order valence-electron chi connectivity index (χ1n) is 6.86. The molecule has 2 rings (SSSR count). The molecule has 1 aromatic heterocycles. The van der Waals surface area contributed by atoms with E-state index >= 15 is 0 Å². The molecule has 0 radical (unpaired) electrons. The summed E-state index contributed by atoms with van der Waals surface area (Å²) in [4.78, 5) is 3.98. The van der Waals surface area contributed by atoms with Gasteiger partial charge >= 0.3 is 6.18 Å². The molecule has 0 fully saturated rings. The second kappa shape index (κ2) is 6.18. The van der Waals surface area contributed by atoms with Crippen molar-refractivity contribution in [2.24, 2.45) is 0 Å². The Morgan fingerprint density at radius 2 is 1.73 bits per heavy atom. The minimum Gasteiger partial charge on any atom is -0.260 e. The summed E-state index contributed by atoms with van der Waals surface area (Å²) in [7, 11) is 0. The molecule has 0 spiro atoms. The van der Waals surface area contributed by atoms with Crippen LogP contribution in [0.2, 0.25) is 0 Å². The van der Waals surface area contributed by atoms with Crippen LogP contribution in [0.1, 0.15) is 48.1 Å². The topological polar surface area (TPSA) is 36.7 Å². The highest BCUT2D eigenvalue weighted by Gasteiger charge is 2.32. The normalized spacial score (nSPS) is 13.0. The van der Waals surface area contributed by atoms with Crippen molar-refractivity contribution in [2.75, 3.05) is 0 Å². The number of rotatable bonds is 3. The van der Waals surface area contributed by atoms with Gasteiger partial charge in [0.2, 0.25) is 0 Å². The number of hydrogen-bond acceptors (Lipinski definition) is 2. The molecule has 0 aliphatic heterocycles. The minimum atomic E-state index is -4.45. The van der Waals surface area contributed by atoms with Crippen molar-refractivity contribution in [3.63, 3.8) is 0 Å². The molecule has 0 bridgehead atoms. The molecule has 0 amide bonds. The van der Waals surface area contributed by atoms with Crippen LogP contribution >= 0.6 is 0 Å². The van der Waals surface area contributed by atoms with E-state index in [9.17, 15) is 18.4 Å². The van der Waals surface area contributed by atoms with Crippen LogP contribution in [-0.2, 0) is 6.18 Å². The number of alkyl halides is 3. The minimum absolute atomic E-state index is 0.116. The maximum Gasteiger partial charge on any atom is 0.416 e. The first kappa shape index (κ1) is 16.0. The number of halogens is 3. The highest BCUT2D eigenvalue weighted by molar-refractivity contribution is 5.42. The first-order valence-corrected chi connectivity index (χ1v) is 6.86. The van der Waals surface area contributed by atoms with Crippen molar-refractivity contribution >= 4 is 0 Å². The van der Waals surface area contributed by atoms with Crippen LogP contribution in [0.5, 0.6) is 0 Å². The molecule has 5 heteroatoms. The average molecular weight is 304 g/mol. The van der Waals surface area contributed by atoms with Gasteiger partial charge in [-0.1, -0.05) is 38.1 Å². The number of benzene rings is 1.